The van der Waals surface area contributed by atoms with Gasteiger partial charge in [0.25, 0.3) is 16.0 Å². The largest absolute Gasteiger partial charge is 0.390 e. The molecule has 26 heavy (non-hydrogen) atoms. The van der Waals surface area contributed by atoms with Crippen LogP contribution >= 0.6 is 0 Å². The molecule has 0 aromatic carbocycles. The number of Topliss-reactive ketones (excluding diaryl/α,β-unsaturated/α-hetero) is 1. The fourth-order valence-corrected chi connectivity index (χ4v) is 3.81. The van der Waals surface area contributed by atoms with Gasteiger partial charge in [-0.05, 0) is 12.8 Å². The summed E-state index contributed by atoms with van der Waals surface area (Å²) in [6.07, 6.45) is 6.76. The van der Waals surface area contributed by atoms with Gasteiger partial charge in [-0.15, -0.1) is 0 Å². The summed E-state index contributed by atoms with van der Waals surface area (Å²) < 4.78 is 30.8. The zero-order chi connectivity index (χ0) is 19.6. The third-order valence-corrected chi connectivity index (χ3v) is 5.21. The lowest BCUT2D eigenvalue weighted by Gasteiger charge is -2.34. The molecule has 150 valence electrons. The fraction of sp³-hybridized carbons (Fsp3) is 0.765. The summed E-state index contributed by atoms with van der Waals surface area (Å²) in [4.78, 5) is 16.8. The first kappa shape index (κ1) is 22.9. The maximum atomic E-state index is 12.6. The zero-order valence-corrected chi connectivity index (χ0v) is 16.2. The highest BCUT2D eigenvalue weighted by Crippen LogP contribution is 2.19. The Balaban J connectivity index is 2.74. The first-order valence-corrected chi connectivity index (χ1v) is 10.7. The Bertz CT molecular complexity index is 617. The number of quaternary nitrogens is 1. The third-order valence-electron chi connectivity index (χ3n) is 4.41. The second kappa shape index (κ2) is 10.9. The maximum Gasteiger partial charge on any atom is 0.267 e. The molecule has 9 heteroatoms. The fourth-order valence-electron chi connectivity index (χ4n) is 3.22. The lowest BCUT2D eigenvalue weighted by atomic mass is 10.1. The van der Waals surface area contributed by atoms with Crippen molar-refractivity contribution in [2.75, 3.05) is 38.5 Å². The number of unbranched alkanes of at least 4 members (excludes halogenated alkanes) is 2. The van der Waals surface area contributed by atoms with Crippen molar-refractivity contribution in [2.24, 2.45) is 4.99 Å². The van der Waals surface area contributed by atoms with E-state index in [1.54, 1.807) is 0 Å². The normalized spacial score (nSPS) is 21.9. The summed E-state index contributed by atoms with van der Waals surface area (Å²) in [5.74, 6) is -0.689. The van der Waals surface area contributed by atoms with Crippen molar-refractivity contribution >= 4 is 21.7 Å². The molecule has 0 saturated heterocycles. The second-order valence-electron chi connectivity index (χ2n) is 6.68. The first-order valence-electron chi connectivity index (χ1n) is 9.07. The number of aliphatic imine (C=N–C) groups is 1. The molecule has 3 N–H and O–H groups in total. The number of hydrogen-bond acceptors (Lipinski definition) is 6. The average Bonchev–Trinajstić information content (AvgIpc) is 2.92. The average molecular weight is 392 g/mol. The highest BCUT2D eigenvalue weighted by Gasteiger charge is 2.43. The van der Waals surface area contributed by atoms with Crippen LogP contribution in [0.15, 0.2) is 17.1 Å². The van der Waals surface area contributed by atoms with Gasteiger partial charge < -0.3 is 10.2 Å². The van der Waals surface area contributed by atoms with Crippen molar-refractivity contribution in [2.45, 2.75) is 45.1 Å². The predicted octanol–water partition coefficient (Wildman–Crippen LogP) is 0.552. The Kier molecular flexibility index (Phi) is 9.59. The Hall–Kier alpha value is -1.13. The van der Waals surface area contributed by atoms with Crippen LogP contribution in [0.5, 0.6) is 0 Å². The number of carbonyl (C=O) groups excluding carboxylic acids is 1. The summed E-state index contributed by atoms with van der Waals surface area (Å²) in [7, 11) is -4.33. The summed E-state index contributed by atoms with van der Waals surface area (Å²) in [5, 5.41) is 19.4. The monoisotopic (exact) mass is 391 g/mol. The van der Waals surface area contributed by atoms with Crippen LogP contribution in [0, 0.1) is 0 Å². The van der Waals surface area contributed by atoms with Crippen LogP contribution in [0.4, 0.5) is 0 Å². The molecular formula is C17H31N2O6S+. The summed E-state index contributed by atoms with van der Waals surface area (Å²) >= 11 is 0. The van der Waals surface area contributed by atoms with Gasteiger partial charge in [0.15, 0.2) is 0 Å². The molecule has 0 radical (unpaired) electrons. The number of hydrogen-bond donors (Lipinski definition) is 3. The van der Waals surface area contributed by atoms with Crippen molar-refractivity contribution in [3.63, 3.8) is 0 Å². The van der Waals surface area contributed by atoms with Crippen LogP contribution in [0.1, 0.15) is 39.0 Å². The Morgan fingerprint density at radius 3 is 2.65 bits per heavy atom. The summed E-state index contributed by atoms with van der Waals surface area (Å²) in [6.45, 7) is 2.77. The minimum atomic E-state index is -4.33. The smallest absolute Gasteiger partial charge is 0.267 e. The van der Waals surface area contributed by atoms with E-state index in [9.17, 15) is 23.4 Å². The Morgan fingerprint density at radius 2 is 2.04 bits per heavy atom. The van der Waals surface area contributed by atoms with Crippen LogP contribution in [0.25, 0.3) is 0 Å². The Labute approximate surface area is 155 Å². The number of aliphatic hydroxyl groups excluding tert-OH is 2. The lowest BCUT2D eigenvalue weighted by molar-refractivity contribution is -0.837. The van der Waals surface area contributed by atoms with E-state index >= 15 is 0 Å². The first-order chi connectivity index (χ1) is 12.2. The van der Waals surface area contributed by atoms with Gasteiger partial charge in [-0.25, -0.2) is 4.99 Å². The molecule has 0 bridgehead atoms. The van der Waals surface area contributed by atoms with Gasteiger partial charge >= 0.3 is 0 Å². The van der Waals surface area contributed by atoms with E-state index in [1.807, 2.05) is 6.08 Å². The molecule has 0 aliphatic carbocycles. The van der Waals surface area contributed by atoms with E-state index in [-0.39, 0.29) is 42.2 Å². The molecule has 1 heterocycles. The molecule has 2 unspecified atom stereocenters. The minimum absolute atomic E-state index is 0.0500. The number of ketones is 1. The molecule has 8 nitrogen and oxygen atoms in total. The van der Waals surface area contributed by atoms with Gasteiger partial charge in [-0.2, -0.15) is 8.42 Å². The van der Waals surface area contributed by atoms with Crippen LogP contribution in [0.3, 0.4) is 0 Å². The quantitative estimate of drug-likeness (QED) is 0.182. The van der Waals surface area contributed by atoms with Crippen LogP contribution in [0.2, 0.25) is 0 Å². The number of carbonyl (C=O) groups is 1. The van der Waals surface area contributed by atoms with Crippen molar-refractivity contribution in [1.82, 2.24) is 0 Å². The number of aliphatic hydroxyl groups is 2. The number of amidine groups is 1. The molecule has 0 aromatic rings. The van der Waals surface area contributed by atoms with Gasteiger partial charge in [0.2, 0.25) is 5.78 Å². The van der Waals surface area contributed by atoms with Crippen molar-refractivity contribution < 1.29 is 32.5 Å². The zero-order valence-electron chi connectivity index (χ0n) is 15.4. The van der Waals surface area contributed by atoms with Crippen LogP contribution < -0.4 is 0 Å². The molecule has 1 rings (SSSR count). The molecule has 1 aliphatic heterocycles. The standard InChI is InChI=1S/C17H30N2O6S/c1-2-3-4-5-6-7-8-16(22)17-18-9-10-19(17,11-12-20)13-15(21)14-26(23,24)25/h5-6,15,20-21H,2-4,7-14H2,1H3/p+1/b6-5+. The molecule has 2 atom stereocenters. The van der Waals surface area contributed by atoms with E-state index in [0.29, 0.717) is 19.5 Å². The highest BCUT2D eigenvalue weighted by molar-refractivity contribution is 7.85. The van der Waals surface area contributed by atoms with E-state index in [0.717, 1.165) is 19.3 Å². The number of nitrogens with zero attached hydrogens (tertiary/aromatic N) is 2. The Morgan fingerprint density at radius 1 is 1.35 bits per heavy atom. The number of rotatable bonds is 13. The van der Waals surface area contributed by atoms with E-state index in [4.69, 9.17) is 4.55 Å². The van der Waals surface area contributed by atoms with Gasteiger partial charge in [-0.1, -0.05) is 31.9 Å². The van der Waals surface area contributed by atoms with Crippen molar-refractivity contribution in [1.29, 1.82) is 0 Å². The van der Waals surface area contributed by atoms with Crippen LogP contribution in [-0.2, 0) is 14.9 Å². The summed E-state index contributed by atoms with van der Waals surface area (Å²) in [5.41, 5.74) is 0. The minimum Gasteiger partial charge on any atom is -0.390 e. The van der Waals surface area contributed by atoms with Gasteiger partial charge in [0.1, 0.15) is 31.5 Å². The van der Waals surface area contributed by atoms with E-state index < -0.39 is 22.0 Å². The predicted molar refractivity (Wildman–Crippen MR) is 99.6 cm³/mol. The van der Waals surface area contributed by atoms with Gasteiger partial charge in [0.05, 0.1) is 13.2 Å². The van der Waals surface area contributed by atoms with Crippen LogP contribution in [-0.4, -0.2) is 83.9 Å². The lowest BCUT2D eigenvalue weighted by Crippen LogP contribution is -2.59. The van der Waals surface area contributed by atoms with Gasteiger partial charge in [-0.3, -0.25) is 13.8 Å². The van der Waals surface area contributed by atoms with E-state index in [2.05, 4.69) is 18.0 Å². The molecule has 0 fully saturated rings. The molecule has 0 amide bonds. The third kappa shape index (κ3) is 7.63. The molecule has 0 aromatic heterocycles. The molecule has 1 aliphatic rings. The van der Waals surface area contributed by atoms with Gasteiger partial charge in [0, 0.05) is 6.42 Å². The van der Waals surface area contributed by atoms with E-state index in [1.165, 1.54) is 0 Å². The topological polar surface area (TPSA) is 124 Å². The maximum absolute atomic E-state index is 12.6. The second-order valence-corrected chi connectivity index (χ2v) is 8.18. The number of allylic oxidation sites excluding steroid dienone is 2. The molecule has 0 spiro atoms. The highest BCUT2D eigenvalue weighted by atomic mass is 32.2. The molecule has 0 saturated carbocycles. The van der Waals surface area contributed by atoms with Crippen molar-refractivity contribution in [3.05, 3.63) is 12.2 Å². The SMILES string of the molecule is CCCC/C=C/CCC(=O)C1=NCC[N+]1(CCO)CC(O)CS(=O)(=O)O. The molecular weight excluding hydrogens is 360 g/mol. The van der Waals surface area contributed by atoms with Crippen molar-refractivity contribution in [3.8, 4) is 0 Å². The summed E-state index contributed by atoms with van der Waals surface area (Å²) in [6, 6.07) is 0.